The van der Waals surface area contributed by atoms with E-state index in [0.717, 1.165) is 75.2 Å². The smallest absolute Gasteiger partial charge is 0.0327 e. The van der Waals surface area contributed by atoms with E-state index in [-0.39, 0.29) is 0 Å². The average molecular weight is 1330 g/mol. The number of rotatable bonds is 24. The minimum atomic E-state index is 0.317. The Labute approximate surface area is 601 Å². The van der Waals surface area contributed by atoms with E-state index in [1.54, 1.807) is 0 Å². The van der Waals surface area contributed by atoms with Gasteiger partial charge in [0.25, 0.3) is 0 Å². The molecular formula is C91H150N6. The maximum atomic E-state index is 5.37. The number of aryl methyl sites for hydroxylation is 3. The van der Waals surface area contributed by atoms with Crippen LogP contribution in [0.2, 0.25) is 0 Å². The van der Waals surface area contributed by atoms with Crippen molar-refractivity contribution in [3.63, 3.8) is 0 Å². The molecule has 1 aliphatic rings. The Hall–Kier alpha value is -5.02. The molecule has 1 saturated carbocycles. The Kier molecular flexibility index (Phi) is 42.4. The molecule has 6 unspecified atom stereocenters. The van der Waals surface area contributed by atoms with Crippen molar-refractivity contribution in [2.75, 3.05) is 39.3 Å². The molecule has 97 heavy (non-hydrogen) atoms. The lowest BCUT2D eigenvalue weighted by Gasteiger charge is -2.35. The van der Waals surface area contributed by atoms with E-state index < -0.39 is 0 Å². The minimum absolute atomic E-state index is 0.317. The lowest BCUT2D eigenvalue weighted by Crippen LogP contribution is -2.39. The van der Waals surface area contributed by atoms with Gasteiger partial charge in [-0.25, -0.2) is 0 Å². The van der Waals surface area contributed by atoms with Crippen LogP contribution in [0, 0.1) is 83.9 Å². The quantitative estimate of drug-likeness (QED) is 0.0346. The Morgan fingerprint density at radius 3 is 0.979 bits per heavy atom. The zero-order chi connectivity index (χ0) is 73.6. The van der Waals surface area contributed by atoms with E-state index in [1.807, 2.05) is 24.3 Å². The van der Waals surface area contributed by atoms with Gasteiger partial charge in [0.1, 0.15) is 0 Å². The summed E-state index contributed by atoms with van der Waals surface area (Å²) >= 11 is 0. The van der Waals surface area contributed by atoms with Crippen LogP contribution in [0.5, 0.6) is 0 Å². The highest BCUT2D eigenvalue weighted by Crippen LogP contribution is 2.36. The molecule has 6 heteroatoms. The predicted molar refractivity (Wildman–Crippen MR) is 433 cm³/mol. The fraction of sp³-hybridized carbons (Fsp3) is 0.626. The van der Waals surface area contributed by atoms with Crippen molar-refractivity contribution in [2.24, 2.45) is 38.4 Å². The Bertz CT molecular complexity index is 2810. The monoisotopic (exact) mass is 1330 g/mol. The zero-order valence-corrected chi connectivity index (χ0v) is 67.8. The van der Waals surface area contributed by atoms with E-state index in [9.17, 15) is 0 Å². The highest BCUT2D eigenvalue weighted by atomic mass is 14.9. The van der Waals surface area contributed by atoms with Crippen molar-refractivity contribution in [3.05, 3.63) is 177 Å². The van der Waals surface area contributed by atoms with E-state index in [1.165, 1.54) is 102 Å². The summed E-state index contributed by atoms with van der Waals surface area (Å²) in [6.45, 7) is 67.1. The van der Waals surface area contributed by atoms with Gasteiger partial charge in [0.05, 0.1) is 0 Å². The maximum Gasteiger partial charge on any atom is 0.0327 e. The molecule has 0 aliphatic heterocycles. The maximum absolute atomic E-state index is 5.37. The van der Waals surface area contributed by atoms with E-state index >= 15 is 0 Å². The molecule has 1 aliphatic carbocycles. The third-order valence-corrected chi connectivity index (χ3v) is 17.3. The van der Waals surface area contributed by atoms with Gasteiger partial charge in [0, 0.05) is 47.4 Å². The fourth-order valence-corrected chi connectivity index (χ4v) is 13.0. The van der Waals surface area contributed by atoms with Gasteiger partial charge in [0.15, 0.2) is 0 Å². The largest absolute Gasteiger partial charge is 0.314 e. The first-order valence-corrected chi connectivity index (χ1v) is 38.0. The average Bonchev–Trinajstić information content (AvgIpc) is 0.967. The molecule has 6 nitrogen and oxygen atoms in total. The Balaban J connectivity index is 0.000000582. The van der Waals surface area contributed by atoms with Crippen LogP contribution in [0.3, 0.4) is 0 Å². The molecule has 1 fully saturated rings. The second-order valence-corrected chi connectivity index (χ2v) is 34.9. The van der Waals surface area contributed by atoms with Crippen LogP contribution < -0.4 is 31.9 Å². The van der Waals surface area contributed by atoms with Crippen molar-refractivity contribution >= 4 is 0 Å². The van der Waals surface area contributed by atoms with Gasteiger partial charge in [-0.1, -0.05) is 305 Å². The topological polar surface area (TPSA) is 72.2 Å². The second-order valence-electron chi connectivity index (χ2n) is 34.9. The van der Waals surface area contributed by atoms with E-state index in [2.05, 4.69) is 328 Å². The minimum Gasteiger partial charge on any atom is -0.314 e. The molecule has 5 aromatic carbocycles. The SMILES string of the molecule is C#Cc1ccc(C(CC(C)(C)C)NCC)cc1.C#Cc1ccc(C(CC(C)(C)C)NCC)cc1.CCNC(CC(C)(C)C)C1CCCCC1.CCNC(CC(C)(C)C)c1ccc(C)cc1.CCNC(CC(C)(C)C)c1cccc(C)c1.CCNC(CC(C)(C)C)c1ccccc1C. The van der Waals surface area contributed by atoms with E-state index in [4.69, 9.17) is 12.8 Å². The number of hydrogen-bond acceptors (Lipinski definition) is 6. The number of terminal acetylenes is 2. The molecule has 0 radical (unpaired) electrons. The van der Waals surface area contributed by atoms with Gasteiger partial charge in [-0.15, -0.1) is 12.8 Å². The molecule has 0 spiro atoms. The Morgan fingerprint density at radius 1 is 0.340 bits per heavy atom. The van der Waals surface area contributed by atoms with Gasteiger partial charge in [-0.2, -0.15) is 0 Å². The van der Waals surface area contributed by atoms with Gasteiger partial charge in [-0.05, 0) is 207 Å². The van der Waals surface area contributed by atoms with Crippen LogP contribution in [0.1, 0.15) is 323 Å². The molecule has 0 aromatic heterocycles. The molecular weight excluding hydrogens is 1180 g/mol. The van der Waals surface area contributed by atoms with Gasteiger partial charge >= 0.3 is 0 Å². The first kappa shape index (κ1) is 90.0. The standard InChI is InChI=1S/2C16H23N.3C15H25N.C14H29N/c2*1-6-13-8-10-14(11-9-13)15(17-7-2)12-16(3,4)5;1-6-16-14(11-15(3,4)5)13-9-7-12(2)8-10-13;1-6-16-14(11-15(3,4)5)13-9-7-8-12(2)10-13;1-6-16-14(11-15(3,4)5)13-10-8-7-9-12(13)2;1-5-15-13(11-14(2,3)4)12-9-7-6-8-10-12/h2*1,8-11,15,17H,7,12H2,2-5H3;3*7-10,14,16H,6,11H2,1-5H3;12-13,15H,5-11H2,1-4H3. The lowest BCUT2D eigenvalue weighted by atomic mass is 9.77. The third-order valence-electron chi connectivity index (χ3n) is 17.3. The van der Waals surface area contributed by atoms with Crippen LogP contribution in [0.25, 0.3) is 0 Å². The highest BCUT2D eigenvalue weighted by Gasteiger charge is 2.28. The molecule has 544 valence electrons. The van der Waals surface area contributed by atoms with Crippen molar-refractivity contribution in [1.82, 2.24) is 31.9 Å². The first-order valence-electron chi connectivity index (χ1n) is 38.0. The fourth-order valence-electron chi connectivity index (χ4n) is 13.0. The van der Waals surface area contributed by atoms with Gasteiger partial charge in [0.2, 0.25) is 0 Å². The molecule has 6 rings (SSSR count). The van der Waals surface area contributed by atoms with Crippen molar-refractivity contribution in [3.8, 4) is 24.7 Å². The summed E-state index contributed by atoms with van der Waals surface area (Å²) < 4.78 is 0. The zero-order valence-electron chi connectivity index (χ0n) is 67.8. The summed E-state index contributed by atoms with van der Waals surface area (Å²) in [7, 11) is 0. The van der Waals surface area contributed by atoms with Crippen molar-refractivity contribution < 1.29 is 0 Å². The third kappa shape index (κ3) is 42.6. The summed E-state index contributed by atoms with van der Waals surface area (Å²) in [6, 6.07) is 46.0. The van der Waals surface area contributed by atoms with Crippen LogP contribution in [0.4, 0.5) is 0 Å². The summed E-state index contributed by atoms with van der Waals surface area (Å²) in [4.78, 5) is 0. The normalized spacial score (nSPS) is 14.8. The molecule has 0 amide bonds. The molecule has 5 aromatic rings. The molecule has 0 saturated heterocycles. The van der Waals surface area contributed by atoms with Crippen LogP contribution >= 0.6 is 0 Å². The van der Waals surface area contributed by atoms with Gasteiger partial charge in [-0.3, -0.25) is 0 Å². The molecule has 0 bridgehead atoms. The summed E-state index contributed by atoms with van der Waals surface area (Å²) in [5.74, 6) is 6.25. The lowest BCUT2D eigenvalue weighted by molar-refractivity contribution is 0.208. The van der Waals surface area contributed by atoms with Crippen LogP contribution in [0.15, 0.2) is 121 Å². The highest BCUT2D eigenvalue weighted by molar-refractivity contribution is 5.37. The van der Waals surface area contributed by atoms with Gasteiger partial charge < -0.3 is 31.9 Å². The van der Waals surface area contributed by atoms with Crippen LogP contribution in [-0.4, -0.2) is 45.3 Å². The number of hydrogen-bond donors (Lipinski definition) is 6. The Morgan fingerprint density at radius 2 is 0.660 bits per heavy atom. The number of benzene rings is 5. The summed E-state index contributed by atoms with van der Waals surface area (Å²) in [5.41, 5.74) is 15.0. The van der Waals surface area contributed by atoms with Crippen LogP contribution in [-0.2, 0) is 0 Å². The first-order chi connectivity index (χ1) is 45.2. The molecule has 6 N–H and O–H groups in total. The van der Waals surface area contributed by atoms with Crippen molar-refractivity contribution in [2.45, 2.75) is 294 Å². The van der Waals surface area contributed by atoms with E-state index in [0.29, 0.717) is 62.7 Å². The summed E-state index contributed by atoms with van der Waals surface area (Å²) in [6.07, 6.45) is 25.1. The second kappa shape index (κ2) is 45.7. The molecule has 0 heterocycles. The molecule has 6 atom stereocenters. The predicted octanol–water partition coefficient (Wildman–Crippen LogP) is 23.7. The summed E-state index contributed by atoms with van der Waals surface area (Å²) in [5, 5.41) is 21.5. The van der Waals surface area contributed by atoms with Crippen molar-refractivity contribution in [1.29, 1.82) is 0 Å². The number of nitrogens with one attached hydrogen (secondary N) is 6.